The topological polar surface area (TPSA) is 75.5 Å². The average molecular weight is 355 g/mol. The maximum atomic E-state index is 12.2. The van der Waals surface area contributed by atoms with Gasteiger partial charge in [-0.1, -0.05) is 23.2 Å². The average Bonchev–Trinajstić information content (AvgIpc) is 3.00. The fraction of sp³-hybridized carbons (Fsp3) is 0. The second kappa shape index (κ2) is 5.96. The van der Waals surface area contributed by atoms with Gasteiger partial charge in [0, 0.05) is 22.3 Å². The number of nitrogens with zero attached hydrogens (tertiary/aromatic N) is 2. The standard InChI is InChI=1S/C13H8Cl2N4O2S/c14-7-1-3-8(4-2-7)16-12(21)18-11(20)9-10(15)17-13-19(9)5-6-22-13/h1-6H,(H2,16,18,20,21). The Kier molecular flexibility index (Phi) is 4.02. The molecule has 0 spiro atoms. The molecule has 0 aliphatic carbocycles. The van der Waals surface area contributed by atoms with E-state index >= 15 is 0 Å². The van der Waals surface area contributed by atoms with E-state index in [0.717, 1.165) is 0 Å². The molecular formula is C13H8Cl2N4O2S. The Morgan fingerprint density at radius 3 is 2.64 bits per heavy atom. The van der Waals surface area contributed by atoms with Crippen LogP contribution in [0.3, 0.4) is 0 Å². The lowest BCUT2D eigenvalue weighted by molar-refractivity contribution is 0.0961. The van der Waals surface area contributed by atoms with Gasteiger partial charge in [-0.05, 0) is 24.3 Å². The number of imidazole rings is 1. The minimum absolute atomic E-state index is 0.0450. The van der Waals surface area contributed by atoms with Gasteiger partial charge in [-0.3, -0.25) is 14.5 Å². The lowest BCUT2D eigenvalue weighted by Crippen LogP contribution is -2.35. The number of rotatable bonds is 2. The molecule has 9 heteroatoms. The summed E-state index contributed by atoms with van der Waals surface area (Å²) in [6.45, 7) is 0. The van der Waals surface area contributed by atoms with Crippen molar-refractivity contribution in [3.05, 3.63) is 51.7 Å². The van der Waals surface area contributed by atoms with Crippen LogP contribution in [0.2, 0.25) is 10.2 Å². The van der Waals surface area contributed by atoms with E-state index in [1.165, 1.54) is 15.7 Å². The van der Waals surface area contributed by atoms with Crippen LogP contribution in [-0.2, 0) is 0 Å². The molecule has 6 nitrogen and oxygen atoms in total. The molecule has 112 valence electrons. The maximum Gasteiger partial charge on any atom is 0.326 e. The molecule has 0 fully saturated rings. The molecule has 0 saturated carbocycles. The highest BCUT2D eigenvalue weighted by Crippen LogP contribution is 2.21. The third kappa shape index (κ3) is 2.92. The van der Waals surface area contributed by atoms with E-state index in [1.54, 1.807) is 35.8 Å². The lowest BCUT2D eigenvalue weighted by Gasteiger charge is -2.06. The first-order chi connectivity index (χ1) is 10.5. The number of benzene rings is 1. The SMILES string of the molecule is O=C(NC(=O)c1c(Cl)nc2sccn12)Nc1ccc(Cl)cc1. The normalized spacial score (nSPS) is 10.6. The highest BCUT2D eigenvalue weighted by molar-refractivity contribution is 7.15. The molecule has 2 aromatic heterocycles. The number of hydrogen-bond donors (Lipinski definition) is 2. The number of fused-ring (bicyclic) bond motifs is 1. The molecule has 0 aliphatic rings. The summed E-state index contributed by atoms with van der Waals surface area (Å²) in [5, 5.41) is 7.09. The minimum Gasteiger partial charge on any atom is -0.308 e. The summed E-state index contributed by atoms with van der Waals surface area (Å²) in [4.78, 5) is 28.6. The van der Waals surface area contributed by atoms with E-state index < -0.39 is 11.9 Å². The van der Waals surface area contributed by atoms with E-state index in [4.69, 9.17) is 23.2 Å². The number of imide groups is 1. The van der Waals surface area contributed by atoms with Crippen LogP contribution in [0.1, 0.15) is 10.5 Å². The summed E-state index contributed by atoms with van der Waals surface area (Å²) in [7, 11) is 0. The van der Waals surface area contributed by atoms with Gasteiger partial charge in [0.05, 0.1) is 0 Å². The molecule has 0 aliphatic heterocycles. The smallest absolute Gasteiger partial charge is 0.308 e. The van der Waals surface area contributed by atoms with Crippen molar-refractivity contribution in [3.8, 4) is 0 Å². The van der Waals surface area contributed by atoms with Crippen LogP contribution in [0, 0.1) is 0 Å². The van der Waals surface area contributed by atoms with Crippen molar-refractivity contribution >= 4 is 57.1 Å². The van der Waals surface area contributed by atoms with E-state index in [2.05, 4.69) is 15.6 Å². The van der Waals surface area contributed by atoms with Crippen molar-refractivity contribution in [2.24, 2.45) is 0 Å². The largest absolute Gasteiger partial charge is 0.326 e. The molecule has 3 rings (SSSR count). The molecule has 2 N–H and O–H groups in total. The number of hydrogen-bond acceptors (Lipinski definition) is 4. The first-order valence-corrected chi connectivity index (χ1v) is 7.67. The molecule has 2 heterocycles. The van der Waals surface area contributed by atoms with E-state index in [0.29, 0.717) is 15.7 Å². The van der Waals surface area contributed by atoms with Crippen LogP contribution < -0.4 is 10.6 Å². The summed E-state index contributed by atoms with van der Waals surface area (Å²) in [5.74, 6) is -0.637. The van der Waals surface area contributed by atoms with Gasteiger partial charge in [0.25, 0.3) is 5.91 Å². The minimum atomic E-state index is -0.673. The zero-order valence-electron chi connectivity index (χ0n) is 10.8. The van der Waals surface area contributed by atoms with Gasteiger partial charge >= 0.3 is 6.03 Å². The Morgan fingerprint density at radius 2 is 1.91 bits per heavy atom. The monoisotopic (exact) mass is 354 g/mol. The Morgan fingerprint density at radius 1 is 1.18 bits per heavy atom. The van der Waals surface area contributed by atoms with Gasteiger partial charge in [0.2, 0.25) is 0 Å². The van der Waals surface area contributed by atoms with Crippen LogP contribution in [0.4, 0.5) is 10.5 Å². The van der Waals surface area contributed by atoms with Crippen LogP contribution >= 0.6 is 34.5 Å². The summed E-state index contributed by atoms with van der Waals surface area (Å²) in [6.07, 6.45) is 1.66. The highest BCUT2D eigenvalue weighted by atomic mass is 35.5. The van der Waals surface area contributed by atoms with Crippen molar-refractivity contribution in [2.45, 2.75) is 0 Å². The van der Waals surface area contributed by atoms with Crippen LogP contribution in [-0.4, -0.2) is 21.3 Å². The summed E-state index contributed by atoms with van der Waals surface area (Å²) in [6, 6.07) is 5.82. The number of anilines is 1. The highest BCUT2D eigenvalue weighted by Gasteiger charge is 2.20. The summed E-state index contributed by atoms with van der Waals surface area (Å²) in [5.41, 5.74) is 0.624. The van der Waals surface area contributed by atoms with Gasteiger partial charge in [-0.25, -0.2) is 9.78 Å². The van der Waals surface area contributed by atoms with E-state index in [1.807, 2.05) is 0 Å². The second-order valence-electron chi connectivity index (χ2n) is 4.22. The van der Waals surface area contributed by atoms with E-state index in [-0.39, 0.29) is 10.8 Å². The number of thiazole rings is 1. The van der Waals surface area contributed by atoms with Crippen molar-refractivity contribution in [2.75, 3.05) is 5.32 Å². The molecule has 0 radical (unpaired) electrons. The fourth-order valence-electron chi connectivity index (χ4n) is 1.82. The van der Waals surface area contributed by atoms with Crippen molar-refractivity contribution in [1.82, 2.24) is 14.7 Å². The number of halogens is 2. The van der Waals surface area contributed by atoms with Gasteiger partial charge in [0.1, 0.15) is 0 Å². The quantitative estimate of drug-likeness (QED) is 0.737. The maximum absolute atomic E-state index is 12.2. The van der Waals surface area contributed by atoms with Gasteiger partial charge in [-0.15, -0.1) is 11.3 Å². The number of carbonyl (C=O) groups excluding carboxylic acids is 2. The molecule has 0 atom stereocenters. The molecular weight excluding hydrogens is 347 g/mol. The molecule has 3 aromatic rings. The van der Waals surface area contributed by atoms with Crippen molar-refractivity contribution < 1.29 is 9.59 Å². The van der Waals surface area contributed by atoms with Crippen LogP contribution in [0.15, 0.2) is 35.8 Å². The van der Waals surface area contributed by atoms with Gasteiger partial charge in [-0.2, -0.15) is 0 Å². The van der Waals surface area contributed by atoms with Crippen molar-refractivity contribution in [1.29, 1.82) is 0 Å². The second-order valence-corrected chi connectivity index (χ2v) is 5.89. The molecule has 0 unspecified atom stereocenters. The lowest BCUT2D eigenvalue weighted by atomic mass is 10.3. The summed E-state index contributed by atoms with van der Waals surface area (Å²) >= 11 is 13.0. The molecule has 22 heavy (non-hydrogen) atoms. The number of aromatic nitrogens is 2. The molecule has 1 aromatic carbocycles. The Labute approximate surface area is 138 Å². The molecule has 3 amide bonds. The fourth-order valence-corrected chi connectivity index (χ4v) is 2.97. The predicted octanol–water partition coefficient (Wildman–Crippen LogP) is 3.66. The Hall–Kier alpha value is -2.09. The van der Waals surface area contributed by atoms with Crippen molar-refractivity contribution in [3.63, 3.8) is 0 Å². The van der Waals surface area contributed by atoms with Gasteiger partial charge in [0.15, 0.2) is 15.8 Å². The zero-order chi connectivity index (χ0) is 15.7. The van der Waals surface area contributed by atoms with Gasteiger partial charge < -0.3 is 5.32 Å². The number of amides is 3. The number of urea groups is 1. The molecule has 0 saturated heterocycles. The predicted molar refractivity (Wildman–Crippen MR) is 86.0 cm³/mol. The summed E-state index contributed by atoms with van der Waals surface area (Å²) < 4.78 is 1.53. The zero-order valence-corrected chi connectivity index (χ0v) is 13.2. The Bertz CT molecular complexity index is 857. The van der Waals surface area contributed by atoms with Crippen LogP contribution in [0.25, 0.3) is 4.96 Å². The third-order valence-corrected chi connectivity index (χ3v) is 4.04. The first-order valence-electron chi connectivity index (χ1n) is 6.03. The van der Waals surface area contributed by atoms with E-state index in [9.17, 15) is 9.59 Å². The Balaban J connectivity index is 1.73. The van der Waals surface area contributed by atoms with Crippen LogP contribution in [0.5, 0.6) is 0 Å². The number of nitrogens with one attached hydrogen (secondary N) is 2. The first kappa shape index (κ1) is 14.8. The number of carbonyl (C=O) groups is 2. The third-order valence-electron chi connectivity index (χ3n) is 2.76. The molecule has 0 bridgehead atoms.